The van der Waals surface area contributed by atoms with Gasteiger partial charge in [-0.15, -0.1) is 0 Å². The summed E-state index contributed by atoms with van der Waals surface area (Å²) in [4.78, 5) is 19.9. The average molecular weight is 537 g/mol. The highest BCUT2D eigenvalue weighted by atomic mass is 32.2. The van der Waals surface area contributed by atoms with E-state index in [1.54, 1.807) is 19.1 Å². The molecule has 2 unspecified atom stereocenters. The van der Waals surface area contributed by atoms with Gasteiger partial charge < -0.3 is 4.90 Å². The van der Waals surface area contributed by atoms with Gasteiger partial charge in [-0.3, -0.25) is 14.5 Å². The lowest BCUT2D eigenvalue weighted by Crippen LogP contribution is -2.29. The molecule has 0 radical (unpaired) electrons. The minimum Gasteiger partial charge on any atom is -0.341 e. The molecule has 0 saturated carbocycles. The zero-order valence-corrected chi connectivity index (χ0v) is 24.2. The summed E-state index contributed by atoms with van der Waals surface area (Å²) in [7, 11) is -3.29. The van der Waals surface area contributed by atoms with Crippen LogP contribution >= 0.6 is 0 Å². The van der Waals surface area contributed by atoms with Crippen molar-refractivity contribution in [1.82, 2.24) is 19.7 Å². The first-order valence-corrected chi connectivity index (χ1v) is 15.2. The third-order valence-electron chi connectivity index (χ3n) is 7.43. The summed E-state index contributed by atoms with van der Waals surface area (Å²) in [5.41, 5.74) is 4.14. The first-order chi connectivity index (χ1) is 17.9. The molecule has 1 saturated heterocycles. The Labute approximate surface area is 227 Å². The number of amides is 1. The summed E-state index contributed by atoms with van der Waals surface area (Å²) in [6, 6.07) is 16.2. The molecule has 3 aromatic rings. The lowest BCUT2D eigenvalue weighted by atomic mass is 9.85. The van der Waals surface area contributed by atoms with Crippen molar-refractivity contribution in [3.8, 4) is 0 Å². The first kappa shape index (κ1) is 28.0. The van der Waals surface area contributed by atoms with E-state index >= 15 is 0 Å². The topological polar surface area (TPSA) is 85.2 Å². The monoisotopic (exact) mass is 536 g/mol. The summed E-state index contributed by atoms with van der Waals surface area (Å²) in [6.45, 7) is 13.8. The van der Waals surface area contributed by atoms with Crippen LogP contribution in [0.3, 0.4) is 0 Å². The lowest BCUT2D eigenvalue weighted by molar-refractivity contribution is -0.130. The number of benzene rings is 1. The van der Waals surface area contributed by atoms with Crippen molar-refractivity contribution in [3.63, 3.8) is 0 Å². The Morgan fingerprint density at radius 3 is 2.32 bits per heavy atom. The molecule has 1 fully saturated rings. The second kappa shape index (κ2) is 11.0. The van der Waals surface area contributed by atoms with E-state index in [4.69, 9.17) is 5.10 Å². The van der Waals surface area contributed by atoms with E-state index in [-0.39, 0.29) is 39.8 Å². The molecule has 0 spiro atoms. The highest BCUT2D eigenvalue weighted by Gasteiger charge is 2.39. The maximum absolute atomic E-state index is 13.4. The molecule has 7 nitrogen and oxygen atoms in total. The fraction of sp³-hybridized carbons (Fsp3) is 0.500. The highest BCUT2D eigenvalue weighted by Crippen LogP contribution is 2.41. The molecule has 3 heterocycles. The van der Waals surface area contributed by atoms with Crippen molar-refractivity contribution in [1.29, 1.82) is 0 Å². The zero-order valence-electron chi connectivity index (χ0n) is 23.4. The van der Waals surface area contributed by atoms with E-state index in [1.165, 1.54) is 17.5 Å². The van der Waals surface area contributed by atoms with E-state index in [1.807, 2.05) is 11.0 Å². The second-order valence-corrected chi connectivity index (χ2v) is 13.8. The van der Waals surface area contributed by atoms with Crippen LogP contribution in [-0.4, -0.2) is 52.8 Å². The van der Waals surface area contributed by atoms with Crippen LogP contribution in [0.4, 0.5) is 0 Å². The average Bonchev–Trinajstić information content (AvgIpc) is 3.53. The van der Waals surface area contributed by atoms with Gasteiger partial charge in [-0.25, -0.2) is 8.42 Å². The molecular formula is C30H40N4O3S. The van der Waals surface area contributed by atoms with Crippen LogP contribution < -0.4 is 0 Å². The van der Waals surface area contributed by atoms with Crippen molar-refractivity contribution < 1.29 is 13.2 Å². The molecule has 8 heteroatoms. The van der Waals surface area contributed by atoms with Crippen molar-refractivity contribution in [3.05, 3.63) is 77.4 Å². The van der Waals surface area contributed by atoms with E-state index in [0.29, 0.717) is 25.9 Å². The zero-order chi connectivity index (χ0) is 27.7. The van der Waals surface area contributed by atoms with Crippen LogP contribution in [0.25, 0.3) is 0 Å². The Hall–Kier alpha value is -3.00. The number of carbonyl (C=O) groups excluding carboxylic acids is 1. The molecule has 2 aromatic heterocycles. The van der Waals surface area contributed by atoms with Gasteiger partial charge in [-0.2, -0.15) is 5.10 Å². The minimum atomic E-state index is -3.29. The van der Waals surface area contributed by atoms with Gasteiger partial charge in [0.15, 0.2) is 9.84 Å². The van der Waals surface area contributed by atoms with Gasteiger partial charge >= 0.3 is 0 Å². The Kier molecular flexibility index (Phi) is 8.12. The number of pyridine rings is 1. The maximum atomic E-state index is 13.4. The fourth-order valence-corrected chi connectivity index (χ4v) is 5.94. The van der Waals surface area contributed by atoms with Gasteiger partial charge in [0.1, 0.15) is 0 Å². The SMILES string of the molecule is CCS(=O)(=O)c1ccc(CCC(=O)N2CC(c3ccccc3)C(c3cc(C(C)(C)C)nn3C(C)C)C2)nc1. The third kappa shape index (κ3) is 6.01. The third-order valence-corrected chi connectivity index (χ3v) is 9.15. The van der Waals surface area contributed by atoms with E-state index in [0.717, 1.165) is 11.4 Å². The van der Waals surface area contributed by atoms with Crippen LogP contribution in [0.1, 0.15) is 88.5 Å². The molecule has 1 amide bonds. The van der Waals surface area contributed by atoms with Gasteiger partial charge in [-0.1, -0.05) is 58.0 Å². The van der Waals surface area contributed by atoms with E-state index in [2.05, 4.69) is 74.6 Å². The predicted molar refractivity (Wildman–Crippen MR) is 150 cm³/mol. The number of carbonyl (C=O) groups is 1. The smallest absolute Gasteiger partial charge is 0.222 e. The predicted octanol–water partition coefficient (Wildman–Crippen LogP) is 5.29. The van der Waals surface area contributed by atoms with Crippen molar-refractivity contribution in [2.45, 2.75) is 82.6 Å². The first-order valence-electron chi connectivity index (χ1n) is 13.5. The van der Waals surface area contributed by atoms with Gasteiger partial charge in [0.25, 0.3) is 0 Å². The molecule has 4 rings (SSSR count). The maximum Gasteiger partial charge on any atom is 0.222 e. The number of aryl methyl sites for hydroxylation is 1. The number of nitrogens with zero attached hydrogens (tertiary/aromatic N) is 4. The Morgan fingerprint density at radius 1 is 1.05 bits per heavy atom. The number of hydrogen-bond acceptors (Lipinski definition) is 5. The van der Waals surface area contributed by atoms with Gasteiger partial charge in [0.05, 0.1) is 16.3 Å². The molecule has 1 aliphatic rings. The molecular weight excluding hydrogens is 496 g/mol. The summed E-state index contributed by atoms with van der Waals surface area (Å²) < 4.78 is 26.3. The second-order valence-electron chi connectivity index (χ2n) is 11.6. The summed E-state index contributed by atoms with van der Waals surface area (Å²) in [5, 5.41) is 4.99. The van der Waals surface area contributed by atoms with Crippen LogP contribution in [0.2, 0.25) is 0 Å². The minimum absolute atomic E-state index is 0.0399. The van der Waals surface area contributed by atoms with Gasteiger partial charge in [0.2, 0.25) is 5.91 Å². The van der Waals surface area contributed by atoms with Crippen LogP contribution in [-0.2, 0) is 26.5 Å². The van der Waals surface area contributed by atoms with Gasteiger partial charge in [-0.05, 0) is 44.0 Å². The van der Waals surface area contributed by atoms with Crippen molar-refractivity contribution in [2.24, 2.45) is 0 Å². The highest BCUT2D eigenvalue weighted by molar-refractivity contribution is 7.91. The molecule has 0 N–H and O–H groups in total. The van der Waals surface area contributed by atoms with Crippen molar-refractivity contribution >= 4 is 15.7 Å². The number of aromatic nitrogens is 3. The molecule has 2 atom stereocenters. The number of sulfone groups is 1. The quantitative estimate of drug-likeness (QED) is 0.390. The number of rotatable bonds is 8. The molecule has 0 aliphatic carbocycles. The largest absolute Gasteiger partial charge is 0.341 e. The standard InChI is InChI=1S/C30H40N4O3S/c1-7-38(36,37)24-15-13-23(31-18-24)14-16-29(35)33-19-25(22-11-9-8-10-12-22)26(20-33)27-17-28(30(4,5)6)32-34(27)21(2)3/h8-13,15,17-18,21,25-26H,7,14,16,19-20H2,1-6H3. The fourth-order valence-electron chi connectivity index (χ4n) is 5.11. The van der Waals surface area contributed by atoms with Crippen LogP contribution in [0.15, 0.2) is 59.6 Å². The molecule has 1 aliphatic heterocycles. The molecule has 0 bridgehead atoms. The summed E-state index contributed by atoms with van der Waals surface area (Å²) >= 11 is 0. The van der Waals surface area contributed by atoms with Crippen molar-refractivity contribution in [2.75, 3.05) is 18.8 Å². The number of hydrogen-bond donors (Lipinski definition) is 0. The summed E-state index contributed by atoms with van der Waals surface area (Å²) in [5.74, 6) is 0.452. The van der Waals surface area contributed by atoms with Crippen LogP contribution in [0, 0.1) is 0 Å². The Morgan fingerprint density at radius 2 is 1.74 bits per heavy atom. The Balaban J connectivity index is 1.56. The van der Waals surface area contributed by atoms with Gasteiger partial charge in [0, 0.05) is 60.4 Å². The van der Waals surface area contributed by atoms with E-state index in [9.17, 15) is 13.2 Å². The normalized spacial score (nSPS) is 18.3. The molecule has 1 aromatic carbocycles. The summed E-state index contributed by atoms with van der Waals surface area (Å²) in [6.07, 6.45) is 2.20. The lowest BCUT2D eigenvalue weighted by Gasteiger charge is -2.21. The Bertz CT molecular complexity index is 1360. The molecule has 204 valence electrons. The van der Waals surface area contributed by atoms with Crippen LogP contribution in [0.5, 0.6) is 0 Å². The molecule has 38 heavy (non-hydrogen) atoms. The van der Waals surface area contributed by atoms with E-state index < -0.39 is 9.84 Å². The number of likely N-dealkylation sites (tertiary alicyclic amines) is 1.